The summed E-state index contributed by atoms with van der Waals surface area (Å²) in [5.74, 6) is 0.176. The number of rotatable bonds is 4. The lowest BCUT2D eigenvalue weighted by atomic mass is 9.97. The van der Waals surface area contributed by atoms with Crippen molar-refractivity contribution >= 4 is 16.9 Å². The molecule has 0 radical (unpaired) electrons. The summed E-state index contributed by atoms with van der Waals surface area (Å²) >= 11 is 0. The number of aromatic nitrogens is 1. The van der Waals surface area contributed by atoms with Crippen molar-refractivity contribution in [3.8, 4) is 28.1 Å². The Hall–Kier alpha value is -3.66. The van der Waals surface area contributed by atoms with E-state index in [4.69, 9.17) is 9.47 Å². The highest BCUT2D eigenvalue weighted by molar-refractivity contribution is 6.01. The summed E-state index contributed by atoms with van der Waals surface area (Å²) in [6.07, 6.45) is 0. The van der Waals surface area contributed by atoms with Gasteiger partial charge >= 0.3 is 5.97 Å². The van der Waals surface area contributed by atoms with Crippen LogP contribution in [0.25, 0.3) is 33.2 Å². The average Bonchev–Trinajstić information content (AvgIpc) is 2.77. The first-order valence-corrected chi connectivity index (χ1v) is 10.2. The second kappa shape index (κ2) is 8.23. The van der Waals surface area contributed by atoms with Crippen molar-refractivity contribution in [2.75, 3.05) is 7.11 Å². The summed E-state index contributed by atoms with van der Waals surface area (Å²) in [7, 11) is 1.60. The van der Waals surface area contributed by atoms with E-state index in [1.54, 1.807) is 13.2 Å². The number of benzene rings is 3. The Kier molecular flexibility index (Phi) is 5.47. The van der Waals surface area contributed by atoms with Crippen LogP contribution in [0.15, 0.2) is 78.9 Å². The van der Waals surface area contributed by atoms with E-state index in [2.05, 4.69) is 41.4 Å². The number of fused-ring (bicyclic) bond motifs is 1. The van der Waals surface area contributed by atoms with Crippen LogP contribution in [0.1, 0.15) is 31.1 Å². The highest BCUT2D eigenvalue weighted by Gasteiger charge is 2.19. The van der Waals surface area contributed by atoms with Crippen molar-refractivity contribution in [2.24, 2.45) is 0 Å². The summed E-state index contributed by atoms with van der Waals surface area (Å²) in [5, 5.41) is 0.872. The van der Waals surface area contributed by atoms with Gasteiger partial charge in [0.1, 0.15) is 5.60 Å². The van der Waals surface area contributed by atoms with E-state index in [9.17, 15) is 4.79 Å². The third-order valence-electron chi connectivity index (χ3n) is 4.93. The van der Waals surface area contributed by atoms with Gasteiger partial charge in [-0.2, -0.15) is 0 Å². The molecule has 4 heteroatoms. The Labute approximate surface area is 182 Å². The molecule has 0 saturated heterocycles. The molecule has 0 aliphatic rings. The number of ether oxygens (including phenoxy) is 2. The average molecular weight is 412 g/mol. The Balaban J connectivity index is 1.80. The zero-order chi connectivity index (χ0) is 22.0. The first kappa shape index (κ1) is 20.6. The van der Waals surface area contributed by atoms with Gasteiger partial charge in [0.2, 0.25) is 5.88 Å². The van der Waals surface area contributed by atoms with E-state index in [0.29, 0.717) is 11.4 Å². The second-order valence-electron chi connectivity index (χ2n) is 8.39. The monoisotopic (exact) mass is 411 g/mol. The molecule has 0 fully saturated rings. The smallest absolute Gasteiger partial charge is 0.338 e. The van der Waals surface area contributed by atoms with Crippen molar-refractivity contribution in [2.45, 2.75) is 26.4 Å². The van der Waals surface area contributed by atoms with Gasteiger partial charge in [-0.05, 0) is 61.2 Å². The number of hydrogen-bond donors (Lipinski definition) is 0. The molecule has 1 heterocycles. The highest BCUT2D eigenvalue weighted by atomic mass is 16.6. The Morgan fingerprint density at radius 3 is 2.10 bits per heavy atom. The van der Waals surface area contributed by atoms with Crippen molar-refractivity contribution in [3.63, 3.8) is 0 Å². The largest absolute Gasteiger partial charge is 0.481 e. The lowest BCUT2D eigenvalue weighted by Gasteiger charge is -2.19. The number of esters is 1. The van der Waals surface area contributed by atoms with Gasteiger partial charge in [0.25, 0.3) is 0 Å². The van der Waals surface area contributed by atoms with Gasteiger partial charge in [-0.15, -0.1) is 0 Å². The molecule has 0 spiro atoms. The zero-order valence-electron chi connectivity index (χ0n) is 18.2. The maximum Gasteiger partial charge on any atom is 0.338 e. The number of carbonyl (C=O) groups is 1. The normalized spacial score (nSPS) is 11.4. The summed E-state index contributed by atoms with van der Waals surface area (Å²) < 4.78 is 11.0. The minimum Gasteiger partial charge on any atom is -0.481 e. The van der Waals surface area contributed by atoms with Crippen molar-refractivity contribution in [1.82, 2.24) is 4.98 Å². The van der Waals surface area contributed by atoms with Crippen molar-refractivity contribution in [3.05, 3.63) is 84.4 Å². The van der Waals surface area contributed by atoms with Crippen LogP contribution >= 0.6 is 0 Å². The molecule has 4 rings (SSSR count). The van der Waals surface area contributed by atoms with Gasteiger partial charge < -0.3 is 9.47 Å². The van der Waals surface area contributed by atoms with Gasteiger partial charge in [-0.1, -0.05) is 54.6 Å². The first-order chi connectivity index (χ1) is 14.8. The molecule has 31 heavy (non-hydrogen) atoms. The van der Waals surface area contributed by atoms with E-state index >= 15 is 0 Å². The van der Waals surface area contributed by atoms with Gasteiger partial charge in [0.05, 0.1) is 18.2 Å². The predicted molar refractivity (Wildman–Crippen MR) is 124 cm³/mol. The fourth-order valence-corrected chi connectivity index (χ4v) is 3.48. The van der Waals surface area contributed by atoms with Crippen molar-refractivity contribution in [1.29, 1.82) is 0 Å². The SMILES string of the molecule is COc1cc(-c2ccc(-c3ccccc3)cc2)c2cc(C(=O)OC(C)(C)C)ccc2n1. The van der Waals surface area contributed by atoms with E-state index in [-0.39, 0.29) is 5.97 Å². The van der Waals surface area contributed by atoms with E-state index in [1.165, 1.54) is 5.56 Å². The molecule has 0 unspecified atom stereocenters. The first-order valence-electron chi connectivity index (χ1n) is 10.2. The highest BCUT2D eigenvalue weighted by Crippen LogP contribution is 2.33. The lowest BCUT2D eigenvalue weighted by molar-refractivity contribution is 0.00697. The Morgan fingerprint density at radius 1 is 0.806 bits per heavy atom. The number of carbonyl (C=O) groups excluding carboxylic acids is 1. The summed E-state index contributed by atoms with van der Waals surface area (Å²) in [4.78, 5) is 17.2. The van der Waals surface area contributed by atoms with Gasteiger partial charge in [0.15, 0.2) is 0 Å². The predicted octanol–water partition coefficient (Wildman–Crippen LogP) is 6.53. The summed E-state index contributed by atoms with van der Waals surface area (Å²) in [6.45, 7) is 5.58. The van der Waals surface area contributed by atoms with Gasteiger partial charge in [0, 0.05) is 11.5 Å². The third-order valence-corrected chi connectivity index (χ3v) is 4.93. The maximum absolute atomic E-state index is 12.6. The van der Waals surface area contributed by atoms with Crippen LogP contribution < -0.4 is 4.74 Å². The van der Waals surface area contributed by atoms with Gasteiger partial charge in [-0.25, -0.2) is 9.78 Å². The molecule has 0 amide bonds. The van der Waals surface area contributed by atoms with Crippen LogP contribution in [0.3, 0.4) is 0 Å². The fourth-order valence-electron chi connectivity index (χ4n) is 3.48. The maximum atomic E-state index is 12.6. The van der Waals surface area contributed by atoms with Crippen LogP contribution in [-0.2, 0) is 4.74 Å². The standard InChI is InChI=1S/C27H25NO3/c1-27(2,3)31-26(29)21-14-15-24-23(16-21)22(17-25(28-24)30-4)20-12-10-19(11-13-20)18-8-6-5-7-9-18/h5-17H,1-4H3. The topological polar surface area (TPSA) is 48.4 Å². The molecule has 0 saturated carbocycles. The second-order valence-corrected chi connectivity index (χ2v) is 8.39. The molecule has 0 bridgehead atoms. The molecule has 0 aliphatic heterocycles. The van der Waals surface area contributed by atoms with Gasteiger partial charge in [-0.3, -0.25) is 0 Å². The molecule has 4 nitrogen and oxygen atoms in total. The minimum absolute atomic E-state index is 0.351. The Bertz CT molecular complexity index is 1220. The van der Waals surface area contributed by atoms with E-state index in [1.807, 2.05) is 57.2 Å². The van der Waals surface area contributed by atoms with E-state index in [0.717, 1.165) is 27.6 Å². The molecular weight excluding hydrogens is 386 g/mol. The molecule has 4 aromatic rings. The number of nitrogens with zero attached hydrogens (tertiary/aromatic N) is 1. The Morgan fingerprint density at radius 2 is 1.45 bits per heavy atom. The molecule has 3 aromatic carbocycles. The van der Waals surface area contributed by atoms with E-state index < -0.39 is 5.60 Å². The van der Waals surface area contributed by atoms with Crippen molar-refractivity contribution < 1.29 is 14.3 Å². The number of methoxy groups -OCH3 is 1. The third kappa shape index (κ3) is 4.58. The molecule has 1 aromatic heterocycles. The van der Waals surface area contributed by atoms with Crippen LogP contribution in [0.4, 0.5) is 0 Å². The molecule has 0 atom stereocenters. The zero-order valence-corrected chi connectivity index (χ0v) is 18.2. The number of pyridine rings is 1. The molecule has 0 N–H and O–H groups in total. The summed E-state index contributed by atoms with van der Waals surface area (Å²) in [6, 6.07) is 25.9. The quantitative estimate of drug-likeness (QED) is 0.358. The minimum atomic E-state index is -0.555. The molecular formula is C27H25NO3. The molecule has 156 valence electrons. The molecule has 0 aliphatic carbocycles. The fraction of sp³-hybridized carbons (Fsp3) is 0.185. The number of hydrogen-bond acceptors (Lipinski definition) is 4. The van der Waals surface area contributed by atoms with Crippen LogP contribution in [0.5, 0.6) is 5.88 Å². The summed E-state index contributed by atoms with van der Waals surface area (Å²) in [5.41, 5.74) is 4.98. The van der Waals surface area contributed by atoms with Crippen LogP contribution in [-0.4, -0.2) is 23.7 Å². The van der Waals surface area contributed by atoms with Crippen LogP contribution in [0.2, 0.25) is 0 Å². The lowest BCUT2D eigenvalue weighted by Crippen LogP contribution is -2.23. The van der Waals surface area contributed by atoms with Crippen LogP contribution in [0, 0.1) is 0 Å².